The number of benzene rings is 2. The Morgan fingerprint density at radius 2 is 1.80 bits per heavy atom. The largest absolute Gasteiger partial charge is 0.437 e. The first-order valence-electron chi connectivity index (χ1n) is 6.38. The third-order valence-electron chi connectivity index (χ3n) is 2.79. The molecule has 0 saturated heterocycles. The van der Waals surface area contributed by atoms with Gasteiger partial charge in [0, 0.05) is 17.3 Å². The fraction of sp³-hybridized carbons (Fsp3) is 0. The van der Waals surface area contributed by atoms with Crippen LogP contribution >= 0.6 is 46.4 Å². The van der Waals surface area contributed by atoms with Gasteiger partial charge in [-0.05, 0) is 24.3 Å². The topological polar surface area (TPSA) is 93.8 Å². The molecule has 2 rings (SSSR count). The van der Waals surface area contributed by atoms with Gasteiger partial charge in [-0.1, -0.05) is 51.6 Å². The molecule has 1 amide bonds. The standard InChI is InChI=1S/C14H7Cl4N3O4/c15-9-3-4-12(21(23)24)13(18)8(9)6-19-25-14(22)20-7-1-2-10(16)11(17)5-7/h1-6H,(H,20,22)/b19-6-. The zero-order chi connectivity index (χ0) is 18.6. The summed E-state index contributed by atoms with van der Waals surface area (Å²) in [5, 5.41) is 17.1. The van der Waals surface area contributed by atoms with E-state index in [9.17, 15) is 14.9 Å². The van der Waals surface area contributed by atoms with Gasteiger partial charge >= 0.3 is 6.09 Å². The lowest BCUT2D eigenvalue weighted by molar-refractivity contribution is -0.384. The summed E-state index contributed by atoms with van der Waals surface area (Å²) < 4.78 is 0. The van der Waals surface area contributed by atoms with Gasteiger partial charge in [0.1, 0.15) is 5.02 Å². The molecule has 2 aromatic rings. The highest BCUT2D eigenvalue weighted by molar-refractivity contribution is 6.42. The Morgan fingerprint density at radius 3 is 2.44 bits per heavy atom. The Hall–Kier alpha value is -2.06. The van der Waals surface area contributed by atoms with Crippen molar-refractivity contribution in [1.82, 2.24) is 0 Å². The molecule has 0 aliphatic rings. The molecular weight excluding hydrogens is 416 g/mol. The molecule has 0 heterocycles. The average Bonchev–Trinajstić information content (AvgIpc) is 2.53. The molecule has 0 fully saturated rings. The summed E-state index contributed by atoms with van der Waals surface area (Å²) in [4.78, 5) is 26.4. The lowest BCUT2D eigenvalue weighted by atomic mass is 10.2. The quantitative estimate of drug-likeness (QED) is 0.292. The Kier molecular flexibility index (Phi) is 6.44. The number of carbonyl (C=O) groups excluding carboxylic acids is 1. The summed E-state index contributed by atoms with van der Waals surface area (Å²) >= 11 is 23.4. The summed E-state index contributed by atoms with van der Waals surface area (Å²) in [5.41, 5.74) is 0.0219. The minimum Gasteiger partial charge on any atom is -0.298 e. The maximum absolute atomic E-state index is 11.6. The molecule has 130 valence electrons. The van der Waals surface area contributed by atoms with Crippen LogP contribution in [-0.2, 0) is 4.84 Å². The fourth-order valence-electron chi connectivity index (χ4n) is 1.66. The molecular formula is C14H7Cl4N3O4. The van der Waals surface area contributed by atoms with Crippen molar-refractivity contribution < 1.29 is 14.6 Å². The molecule has 0 aromatic heterocycles. The third kappa shape index (κ3) is 4.96. The smallest absolute Gasteiger partial charge is 0.298 e. The van der Waals surface area contributed by atoms with E-state index in [2.05, 4.69) is 15.3 Å². The molecule has 0 aliphatic heterocycles. The van der Waals surface area contributed by atoms with Crippen LogP contribution in [0.25, 0.3) is 0 Å². The van der Waals surface area contributed by atoms with E-state index < -0.39 is 11.0 Å². The van der Waals surface area contributed by atoms with Crippen LogP contribution < -0.4 is 5.32 Å². The van der Waals surface area contributed by atoms with E-state index in [1.54, 1.807) is 0 Å². The molecule has 7 nitrogen and oxygen atoms in total. The molecule has 2 aromatic carbocycles. The highest BCUT2D eigenvalue weighted by Crippen LogP contribution is 2.32. The molecule has 0 saturated carbocycles. The predicted octanol–water partition coefficient (Wildman–Crippen LogP) is 5.79. The predicted molar refractivity (Wildman–Crippen MR) is 97.3 cm³/mol. The monoisotopic (exact) mass is 421 g/mol. The first-order valence-corrected chi connectivity index (χ1v) is 7.89. The van der Waals surface area contributed by atoms with Gasteiger partial charge in [0.2, 0.25) is 0 Å². The van der Waals surface area contributed by atoms with Crippen LogP contribution in [0, 0.1) is 10.1 Å². The van der Waals surface area contributed by atoms with E-state index >= 15 is 0 Å². The van der Waals surface area contributed by atoms with E-state index in [1.807, 2.05) is 0 Å². The number of nitro groups is 1. The number of rotatable bonds is 4. The molecule has 0 bridgehead atoms. The van der Waals surface area contributed by atoms with Gasteiger partial charge in [0.25, 0.3) is 5.69 Å². The lowest BCUT2D eigenvalue weighted by Crippen LogP contribution is -2.10. The van der Waals surface area contributed by atoms with Crippen molar-refractivity contribution >= 4 is 70.1 Å². The Labute approximate surface area is 161 Å². The lowest BCUT2D eigenvalue weighted by Gasteiger charge is -2.04. The second-order valence-electron chi connectivity index (χ2n) is 4.42. The van der Waals surface area contributed by atoms with Gasteiger partial charge in [-0.2, -0.15) is 0 Å². The van der Waals surface area contributed by atoms with Gasteiger partial charge < -0.3 is 0 Å². The number of halogens is 4. The number of nitrogens with one attached hydrogen (secondary N) is 1. The van der Waals surface area contributed by atoms with E-state index in [-0.39, 0.29) is 26.3 Å². The van der Waals surface area contributed by atoms with Crippen molar-refractivity contribution in [2.24, 2.45) is 5.16 Å². The van der Waals surface area contributed by atoms with Crippen molar-refractivity contribution in [2.75, 3.05) is 5.32 Å². The molecule has 0 radical (unpaired) electrons. The fourth-order valence-corrected chi connectivity index (χ4v) is 2.49. The van der Waals surface area contributed by atoms with Crippen molar-refractivity contribution in [3.63, 3.8) is 0 Å². The van der Waals surface area contributed by atoms with Crippen LogP contribution in [-0.4, -0.2) is 17.2 Å². The van der Waals surface area contributed by atoms with Crippen LogP contribution in [0.3, 0.4) is 0 Å². The number of carbonyl (C=O) groups is 1. The van der Waals surface area contributed by atoms with Gasteiger partial charge in [0.15, 0.2) is 0 Å². The van der Waals surface area contributed by atoms with Crippen LogP contribution in [0.4, 0.5) is 16.2 Å². The summed E-state index contributed by atoms with van der Waals surface area (Å²) in [7, 11) is 0. The molecule has 0 unspecified atom stereocenters. The normalized spacial score (nSPS) is 10.7. The molecule has 1 N–H and O–H groups in total. The van der Waals surface area contributed by atoms with Crippen LogP contribution in [0.15, 0.2) is 35.5 Å². The van der Waals surface area contributed by atoms with Gasteiger partial charge in [-0.25, -0.2) is 4.79 Å². The minimum atomic E-state index is -0.924. The van der Waals surface area contributed by atoms with Crippen LogP contribution in [0.5, 0.6) is 0 Å². The van der Waals surface area contributed by atoms with Crippen LogP contribution in [0.2, 0.25) is 20.1 Å². The van der Waals surface area contributed by atoms with Crippen LogP contribution in [0.1, 0.15) is 5.56 Å². The van der Waals surface area contributed by atoms with Gasteiger partial charge in [-0.3, -0.25) is 20.3 Å². The van der Waals surface area contributed by atoms with E-state index in [4.69, 9.17) is 46.4 Å². The summed E-state index contributed by atoms with van der Waals surface area (Å²) in [5.74, 6) is 0. The van der Waals surface area contributed by atoms with Gasteiger partial charge in [-0.15, -0.1) is 0 Å². The van der Waals surface area contributed by atoms with Crippen molar-refractivity contribution in [3.8, 4) is 0 Å². The van der Waals surface area contributed by atoms with E-state index in [1.165, 1.54) is 24.3 Å². The third-order valence-corrected chi connectivity index (χ3v) is 4.25. The maximum Gasteiger partial charge on any atom is 0.437 e. The highest BCUT2D eigenvalue weighted by Gasteiger charge is 2.17. The molecule has 11 heteroatoms. The second kappa shape index (κ2) is 8.35. The van der Waals surface area contributed by atoms with Crippen molar-refractivity contribution in [2.45, 2.75) is 0 Å². The van der Waals surface area contributed by atoms with Crippen molar-refractivity contribution in [1.29, 1.82) is 0 Å². The minimum absolute atomic E-state index is 0.0415. The zero-order valence-electron chi connectivity index (χ0n) is 12.0. The number of anilines is 1. The van der Waals surface area contributed by atoms with E-state index in [0.717, 1.165) is 12.3 Å². The number of oxime groups is 1. The van der Waals surface area contributed by atoms with Crippen molar-refractivity contribution in [3.05, 3.63) is 66.1 Å². The Bertz CT molecular complexity index is 873. The maximum atomic E-state index is 11.6. The average molecular weight is 423 g/mol. The summed E-state index contributed by atoms with van der Waals surface area (Å²) in [6, 6.07) is 6.85. The molecule has 0 spiro atoms. The first kappa shape index (κ1) is 19.3. The second-order valence-corrected chi connectivity index (χ2v) is 6.02. The Morgan fingerprint density at radius 1 is 1.12 bits per heavy atom. The summed E-state index contributed by atoms with van der Waals surface area (Å²) in [6.45, 7) is 0. The number of hydrogen-bond donors (Lipinski definition) is 1. The number of nitro benzene ring substituents is 1. The zero-order valence-corrected chi connectivity index (χ0v) is 15.0. The number of hydrogen-bond acceptors (Lipinski definition) is 5. The van der Waals surface area contributed by atoms with Gasteiger partial charge in [0.05, 0.1) is 26.2 Å². The molecule has 0 atom stereocenters. The molecule has 25 heavy (non-hydrogen) atoms. The first-order chi connectivity index (χ1) is 11.8. The summed E-state index contributed by atoms with van der Waals surface area (Å²) in [6.07, 6.45) is 0.0684. The number of amides is 1. The SMILES string of the molecule is O=C(Nc1ccc(Cl)c(Cl)c1)O/N=C\c1c(Cl)ccc([N+](=O)[O-])c1Cl. The Balaban J connectivity index is 2.08. The number of nitrogens with zero attached hydrogens (tertiary/aromatic N) is 2. The highest BCUT2D eigenvalue weighted by atomic mass is 35.5. The van der Waals surface area contributed by atoms with E-state index in [0.29, 0.717) is 10.7 Å². The molecule has 0 aliphatic carbocycles.